The molecule has 11 amide bonds. The van der Waals surface area contributed by atoms with Crippen LogP contribution in [0.15, 0.2) is 0 Å². The predicted molar refractivity (Wildman–Crippen MR) is 243 cm³/mol. The first-order valence-electron chi connectivity index (χ1n) is 22.2. The molecule has 1 aliphatic carbocycles. The second kappa shape index (κ2) is 27.4. The highest BCUT2D eigenvalue weighted by Gasteiger charge is 2.41. The van der Waals surface area contributed by atoms with E-state index in [1.165, 1.54) is 4.90 Å². The van der Waals surface area contributed by atoms with Crippen molar-refractivity contribution < 1.29 is 52.7 Å². The summed E-state index contributed by atoms with van der Waals surface area (Å²) in [6.07, 6.45) is 3.22. The van der Waals surface area contributed by atoms with Crippen LogP contribution < -0.4 is 65.9 Å². The number of likely N-dealkylation sites (tertiary alicyclic amines) is 1. The van der Waals surface area contributed by atoms with E-state index in [1.54, 1.807) is 13.8 Å². The van der Waals surface area contributed by atoms with Crippen LogP contribution >= 0.6 is 21.6 Å². The van der Waals surface area contributed by atoms with Gasteiger partial charge < -0.3 is 70.8 Å². The summed E-state index contributed by atoms with van der Waals surface area (Å²) in [6, 6.07) is -10.5. The zero-order valence-corrected chi connectivity index (χ0v) is 39.1. The summed E-state index contributed by atoms with van der Waals surface area (Å²) >= 11 is 0. The molecule has 66 heavy (non-hydrogen) atoms. The molecule has 0 bridgehead atoms. The second-order valence-electron chi connectivity index (χ2n) is 16.9. The first kappa shape index (κ1) is 55.1. The number of carbonyl (C=O) groups is 11. The zero-order chi connectivity index (χ0) is 49.1. The number of nitrogens with zero attached hydrogens (tertiary/aromatic N) is 1. The fourth-order valence-electron chi connectivity index (χ4n) is 7.81. The van der Waals surface area contributed by atoms with Gasteiger partial charge in [0.1, 0.15) is 42.3 Å². The number of nitrogens with one attached hydrogen (secondary N) is 7. The van der Waals surface area contributed by atoms with E-state index in [-0.39, 0.29) is 56.2 Å². The Kier molecular flexibility index (Phi) is 22.9. The van der Waals surface area contributed by atoms with Crippen LogP contribution in [0.3, 0.4) is 0 Å². The Hall–Kier alpha value is -5.21. The fraction of sp³-hybridized carbons (Fsp3) is 0.725. The normalized spacial score (nSPS) is 26.3. The summed E-state index contributed by atoms with van der Waals surface area (Å²) in [7, 11) is 2.12. The molecule has 17 N–H and O–H groups in total. The van der Waals surface area contributed by atoms with Crippen molar-refractivity contribution in [3.63, 3.8) is 0 Å². The molecular weight excluding hydrogens is 903 g/mol. The van der Waals surface area contributed by atoms with Crippen molar-refractivity contribution in [1.82, 2.24) is 42.1 Å². The first-order chi connectivity index (χ1) is 31.2. The first-order valence-corrected chi connectivity index (χ1v) is 24.7. The lowest BCUT2D eigenvalue weighted by molar-refractivity contribution is -0.142. The van der Waals surface area contributed by atoms with Gasteiger partial charge >= 0.3 is 0 Å². The molecule has 1 saturated carbocycles. The molecule has 0 aromatic heterocycles. The molecule has 3 rings (SSSR count). The number of hydrogen-bond donors (Lipinski definition) is 12. The Labute approximate surface area is 391 Å². The minimum atomic E-state index is -1.73. The van der Waals surface area contributed by atoms with Crippen molar-refractivity contribution in [2.45, 2.75) is 139 Å². The van der Waals surface area contributed by atoms with Gasteiger partial charge in [0.25, 0.3) is 0 Å². The third-order valence-corrected chi connectivity index (χ3v) is 14.1. The average molecular weight is 970 g/mol. The van der Waals surface area contributed by atoms with Crippen molar-refractivity contribution in [1.29, 1.82) is 0 Å². The lowest BCUT2D eigenvalue weighted by atomic mass is 9.94. The summed E-state index contributed by atoms with van der Waals surface area (Å²) in [5.41, 5.74) is 28.0. The molecule has 2 aliphatic heterocycles. The summed E-state index contributed by atoms with van der Waals surface area (Å²) < 4.78 is 0. The molecular formula is C40H67N13O11S2. The van der Waals surface area contributed by atoms with Gasteiger partial charge in [-0.05, 0) is 50.5 Å². The third-order valence-electron chi connectivity index (χ3n) is 11.7. The van der Waals surface area contributed by atoms with E-state index in [4.69, 9.17) is 28.7 Å². The van der Waals surface area contributed by atoms with E-state index in [0.717, 1.165) is 47.3 Å². The van der Waals surface area contributed by atoms with Crippen molar-refractivity contribution in [2.24, 2.45) is 40.5 Å². The highest BCUT2D eigenvalue weighted by Crippen LogP contribution is 2.29. The highest BCUT2D eigenvalue weighted by atomic mass is 33.1. The lowest BCUT2D eigenvalue weighted by Gasteiger charge is -2.31. The van der Waals surface area contributed by atoms with Crippen molar-refractivity contribution in [3.8, 4) is 0 Å². The second-order valence-corrected chi connectivity index (χ2v) is 19.4. The molecule has 2 heterocycles. The number of rotatable bonds is 17. The molecule has 26 heteroatoms. The Bertz CT molecular complexity index is 1790. The van der Waals surface area contributed by atoms with E-state index < -0.39 is 139 Å². The van der Waals surface area contributed by atoms with Gasteiger partial charge in [-0.2, -0.15) is 0 Å². The Morgan fingerprint density at radius 2 is 1.38 bits per heavy atom. The van der Waals surface area contributed by atoms with Crippen molar-refractivity contribution >= 4 is 86.6 Å². The standard InChI is InChI=1S/C40H67N13O11S2/c1-3-20(2)32-39(63)48-23(10-11-29(43)54)35(59)50-26(16-30(44)55)36(60)51-27(19-66-65-18-22(42)33(57)49-25(37(61)52-32)15-21-7-4-5-8-21)40(64)53-14-6-9-28(53)38(62)47-24(12-13-41)34(58)46-17-31(45)56/h20-28,32H,3-19,41-42H2,1-2H3,(H2,43,54)(H2,44,55)(H2,45,56)(H,46,58)(H,47,62)(H,48,63)(H,49,57)(H,50,59)(H,51,60)(H,52,61)/t20-,22-,23-,24-,25-,26-,27-,28-,32-/m0/s1. The van der Waals surface area contributed by atoms with E-state index in [0.29, 0.717) is 12.8 Å². The molecule has 0 spiro atoms. The fourth-order valence-corrected chi connectivity index (χ4v) is 10.1. The maximum Gasteiger partial charge on any atom is 0.246 e. The van der Waals surface area contributed by atoms with Gasteiger partial charge in [-0.15, -0.1) is 0 Å². The van der Waals surface area contributed by atoms with Crippen molar-refractivity contribution in [2.75, 3.05) is 31.1 Å². The van der Waals surface area contributed by atoms with Gasteiger partial charge in [0.15, 0.2) is 0 Å². The van der Waals surface area contributed by atoms with Gasteiger partial charge in [-0.25, -0.2) is 0 Å². The number of carbonyl (C=O) groups excluding carboxylic acids is 11. The van der Waals surface area contributed by atoms with Crippen LogP contribution in [0.1, 0.15) is 90.9 Å². The zero-order valence-electron chi connectivity index (χ0n) is 37.4. The van der Waals surface area contributed by atoms with Crippen LogP contribution in [-0.2, 0) is 52.7 Å². The Balaban J connectivity index is 2.01. The predicted octanol–water partition coefficient (Wildman–Crippen LogP) is -4.67. The molecule has 3 aliphatic rings. The average Bonchev–Trinajstić information content (AvgIpc) is 3.98. The van der Waals surface area contributed by atoms with Crippen LogP contribution in [0.5, 0.6) is 0 Å². The molecule has 0 radical (unpaired) electrons. The molecule has 24 nitrogen and oxygen atoms in total. The van der Waals surface area contributed by atoms with E-state index in [2.05, 4.69) is 37.2 Å². The highest BCUT2D eigenvalue weighted by molar-refractivity contribution is 8.76. The van der Waals surface area contributed by atoms with Gasteiger partial charge in [0, 0.05) is 24.5 Å². The monoisotopic (exact) mass is 969 g/mol. The van der Waals surface area contributed by atoms with Crippen molar-refractivity contribution in [3.05, 3.63) is 0 Å². The Morgan fingerprint density at radius 3 is 2.00 bits per heavy atom. The van der Waals surface area contributed by atoms with Gasteiger partial charge in [0.05, 0.1) is 19.0 Å². The van der Waals surface area contributed by atoms with E-state index in [9.17, 15) is 52.7 Å². The van der Waals surface area contributed by atoms with E-state index >= 15 is 0 Å². The maximum absolute atomic E-state index is 14.4. The molecule has 9 atom stereocenters. The largest absolute Gasteiger partial charge is 0.370 e. The topological polar surface area (TPSA) is 405 Å². The molecule has 0 aromatic carbocycles. The number of hydrogen-bond acceptors (Lipinski definition) is 15. The number of primary amides is 3. The third kappa shape index (κ3) is 17.5. The van der Waals surface area contributed by atoms with Gasteiger partial charge in [-0.1, -0.05) is 67.5 Å². The van der Waals surface area contributed by atoms with Crippen LogP contribution in [-0.4, -0.2) is 149 Å². The lowest BCUT2D eigenvalue weighted by Crippen LogP contribution is -2.61. The SMILES string of the molecule is CC[C@H](C)[C@@H]1NC(=O)[C@H](CC2CCCC2)NC(=O)[C@@H](N)CSSC[C@@H](C(=O)N2CCC[C@H]2C(=O)N[C@@H](CCN)C(=O)NCC(N)=O)NC(=O)[C@H](CC(N)=O)NC(=O)[C@H](CCC(N)=O)NC1=O. The molecule has 3 fully saturated rings. The summed E-state index contributed by atoms with van der Waals surface area (Å²) in [5, 5.41) is 17.9. The molecule has 370 valence electrons. The Morgan fingerprint density at radius 1 is 0.758 bits per heavy atom. The van der Waals surface area contributed by atoms with Crippen LogP contribution in [0.4, 0.5) is 0 Å². The summed E-state index contributed by atoms with van der Waals surface area (Å²) in [5.74, 6) is -9.67. The van der Waals surface area contributed by atoms with Crippen LogP contribution in [0, 0.1) is 11.8 Å². The number of nitrogens with two attached hydrogens (primary N) is 5. The van der Waals surface area contributed by atoms with Crippen LogP contribution in [0.25, 0.3) is 0 Å². The molecule has 0 aromatic rings. The van der Waals surface area contributed by atoms with Gasteiger partial charge in [0.2, 0.25) is 65.0 Å². The van der Waals surface area contributed by atoms with Gasteiger partial charge in [-0.3, -0.25) is 52.7 Å². The quantitative estimate of drug-likeness (QED) is 0.0610. The smallest absolute Gasteiger partial charge is 0.246 e. The summed E-state index contributed by atoms with van der Waals surface area (Å²) in [6.45, 7) is 3.02. The minimum absolute atomic E-state index is 0.0173. The van der Waals surface area contributed by atoms with E-state index in [1.807, 2.05) is 0 Å². The molecule has 2 saturated heterocycles. The minimum Gasteiger partial charge on any atom is -0.370 e. The molecule has 0 unspecified atom stereocenters. The van der Waals surface area contributed by atoms with Crippen LogP contribution in [0.2, 0.25) is 0 Å². The maximum atomic E-state index is 14.4. The summed E-state index contributed by atoms with van der Waals surface area (Å²) in [4.78, 5) is 147. The number of amides is 11.